The summed E-state index contributed by atoms with van der Waals surface area (Å²) < 4.78 is 0. The Morgan fingerprint density at radius 2 is 2.00 bits per heavy atom. The van der Waals surface area contributed by atoms with Crippen LogP contribution in [0.5, 0.6) is 0 Å². The minimum atomic E-state index is 0.0619. The zero-order chi connectivity index (χ0) is 23.1. The van der Waals surface area contributed by atoms with E-state index in [1.165, 1.54) is 4.88 Å². The van der Waals surface area contributed by atoms with Crippen LogP contribution in [0.2, 0.25) is 0 Å². The second-order valence-electron chi connectivity index (χ2n) is 9.16. The van der Waals surface area contributed by atoms with Crippen LogP contribution in [-0.2, 0) is 6.42 Å². The van der Waals surface area contributed by atoms with Gasteiger partial charge in [-0.25, -0.2) is 4.98 Å². The van der Waals surface area contributed by atoms with Gasteiger partial charge in [-0.05, 0) is 71.2 Å². The summed E-state index contributed by atoms with van der Waals surface area (Å²) in [7, 11) is 0. The summed E-state index contributed by atoms with van der Waals surface area (Å²) in [4.78, 5) is 26.6. The Morgan fingerprint density at radius 3 is 2.76 bits per heavy atom. The second-order valence-corrected chi connectivity index (χ2v) is 10.1. The van der Waals surface area contributed by atoms with Gasteiger partial charge in [-0.15, -0.1) is 11.3 Å². The van der Waals surface area contributed by atoms with E-state index in [1.807, 2.05) is 36.5 Å². The van der Waals surface area contributed by atoms with Crippen LogP contribution in [0.25, 0.3) is 21.5 Å². The van der Waals surface area contributed by atoms with Crippen LogP contribution in [0.15, 0.2) is 54.0 Å². The molecule has 1 aliphatic heterocycles. The van der Waals surface area contributed by atoms with Gasteiger partial charge in [-0.3, -0.25) is 9.78 Å². The van der Waals surface area contributed by atoms with Gasteiger partial charge >= 0.3 is 0 Å². The zero-order valence-electron chi connectivity index (χ0n) is 19.0. The summed E-state index contributed by atoms with van der Waals surface area (Å²) >= 11 is 1.68. The molecule has 1 saturated heterocycles. The van der Waals surface area contributed by atoms with Crippen LogP contribution in [0.1, 0.15) is 40.2 Å². The molecule has 6 nitrogen and oxygen atoms in total. The summed E-state index contributed by atoms with van der Waals surface area (Å²) in [5, 5.41) is 5.44. The van der Waals surface area contributed by atoms with E-state index >= 15 is 0 Å². The number of benzene rings is 2. The molecule has 1 saturated carbocycles. The molecule has 3 N–H and O–H groups in total. The molecule has 3 heterocycles. The first-order valence-electron chi connectivity index (χ1n) is 11.9. The summed E-state index contributed by atoms with van der Waals surface area (Å²) in [6, 6.07) is 14.0. The number of Topliss-reactive ketones (excluding diaryl/α,β-unsaturated/α-hetero) is 1. The third-order valence-electron chi connectivity index (χ3n) is 6.74. The van der Waals surface area contributed by atoms with Crippen molar-refractivity contribution >= 4 is 39.7 Å². The van der Waals surface area contributed by atoms with Crippen LogP contribution >= 0.6 is 11.3 Å². The number of rotatable bonds is 6. The average Bonchev–Trinajstić information content (AvgIpc) is 3.58. The fourth-order valence-corrected chi connectivity index (χ4v) is 5.40. The van der Waals surface area contributed by atoms with Crippen LogP contribution in [0, 0.1) is 0 Å². The number of carbonyl (C=O) groups excluding carboxylic acids is 1. The van der Waals surface area contributed by atoms with Crippen molar-refractivity contribution in [2.24, 2.45) is 0 Å². The molecule has 2 aromatic carbocycles. The molecule has 0 unspecified atom stereocenters. The van der Waals surface area contributed by atoms with Crippen molar-refractivity contribution in [1.29, 1.82) is 0 Å². The lowest BCUT2D eigenvalue weighted by Crippen LogP contribution is -2.43. The lowest BCUT2D eigenvalue weighted by molar-refractivity contribution is 0.0993. The van der Waals surface area contributed by atoms with Gasteiger partial charge in [0.15, 0.2) is 5.78 Å². The van der Waals surface area contributed by atoms with Gasteiger partial charge in [0.25, 0.3) is 0 Å². The van der Waals surface area contributed by atoms with E-state index in [9.17, 15) is 4.79 Å². The number of carbonyl (C=O) groups is 1. The maximum Gasteiger partial charge on any atom is 0.167 e. The molecular weight excluding hydrogens is 442 g/mol. The highest BCUT2D eigenvalue weighted by molar-refractivity contribution is 7.13. The fraction of sp³-hybridized carbons (Fsp3) is 0.296. The van der Waals surface area contributed by atoms with Crippen LogP contribution < -0.4 is 16.0 Å². The SMILES string of the molecule is Nc1ccc(-c2cccs2)cc1CC(=O)c1cc(C2CC2)c2nc(N3CCNCC3)cnc2c1. The molecule has 0 spiro atoms. The molecule has 0 radical (unpaired) electrons. The molecular formula is C27H27N5OS. The Balaban J connectivity index is 1.33. The zero-order valence-corrected chi connectivity index (χ0v) is 19.8. The van der Waals surface area contributed by atoms with Gasteiger partial charge in [0, 0.05) is 48.7 Å². The van der Waals surface area contributed by atoms with E-state index in [2.05, 4.69) is 27.7 Å². The van der Waals surface area contributed by atoms with E-state index in [1.54, 1.807) is 11.3 Å². The van der Waals surface area contributed by atoms with Gasteiger partial charge < -0.3 is 16.0 Å². The fourth-order valence-electron chi connectivity index (χ4n) is 4.67. The first-order chi connectivity index (χ1) is 16.7. The predicted molar refractivity (Wildman–Crippen MR) is 139 cm³/mol. The Kier molecular flexibility index (Phi) is 5.51. The van der Waals surface area contributed by atoms with Gasteiger partial charge in [0.2, 0.25) is 0 Å². The minimum Gasteiger partial charge on any atom is -0.398 e. The van der Waals surface area contributed by atoms with Crippen molar-refractivity contribution < 1.29 is 4.79 Å². The summed E-state index contributed by atoms with van der Waals surface area (Å²) in [5.74, 6) is 1.45. The Labute approximate surface area is 202 Å². The molecule has 0 amide bonds. The van der Waals surface area contributed by atoms with Crippen molar-refractivity contribution in [2.45, 2.75) is 25.2 Å². The monoisotopic (exact) mass is 469 g/mol. The number of piperazine rings is 1. The number of nitrogen functional groups attached to an aromatic ring is 1. The quantitative estimate of drug-likeness (QED) is 0.316. The molecule has 6 rings (SSSR count). The number of ketones is 1. The van der Waals surface area contributed by atoms with Gasteiger partial charge in [0.1, 0.15) is 5.82 Å². The molecule has 0 bridgehead atoms. The van der Waals surface area contributed by atoms with Crippen LogP contribution in [0.4, 0.5) is 11.5 Å². The van der Waals surface area contributed by atoms with E-state index in [4.69, 9.17) is 15.7 Å². The number of hydrogen-bond acceptors (Lipinski definition) is 7. The number of thiophene rings is 1. The van der Waals surface area contributed by atoms with E-state index in [0.29, 0.717) is 17.2 Å². The number of nitrogens with zero attached hydrogens (tertiary/aromatic N) is 3. The first kappa shape index (κ1) is 21.3. The van der Waals surface area contributed by atoms with Crippen molar-refractivity contribution in [3.8, 4) is 10.4 Å². The number of hydrogen-bond donors (Lipinski definition) is 2. The van der Waals surface area contributed by atoms with E-state index < -0.39 is 0 Å². The van der Waals surface area contributed by atoms with E-state index in [-0.39, 0.29) is 12.2 Å². The first-order valence-corrected chi connectivity index (χ1v) is 12.8. The molecule has 4 aromatic rings. The molecule has 7 heteroatoms. The third kappa shape index (κ3) is 4.17. The lowest BCUT2D eigenvalue weighted by atomic mass is 9.96. The average molecular weight is 470 g/mol. The number of nitrogens with two attached hydrogens (primary N) is 1. The van der Waals surface area contributed by atoms with Gasteiger partial charge in [-0.1, -0.05) is 12.1 Å². The highest BCUT2D eigenvalue weighted by Crippen LogP contribution is 2.43. The lowest BCUT2D eigenvalue weighted by Gasteiger charge is -2.28. The van der Waals surface area contributed by atoms with Crippen LogP contribution in [0.3, 0.4) is 0 Å². The maximum atomic E-state index is 13.4. The Morgan fingerprint density at radius 1 is 1.15 bits per heavy atom. The molecule has 2 fully saturated rings. The third-order valence-corrected chi connectivity index (χ3v) is 7.66. The van der Waals surface area contributed by atoms with Crippen molar-refractivity contribution in [1.82, 2.24) is 15.3 Å². The van der Waals surface area contributed by atoms with Crippen molar-refractivity contribution in [3.05, 3.63) is 70.7 Å². The highest BCUT2D eigenvalue weighted by Gasteiger charge is 2.28. The summed E-state index contributed by atoms with van der Waals surface area (Å²) in [6.07, 6.45) is 4.40. The largest absolute Gasteiger partial charge is 0.398 e. The molecule has 1 aliphatic carbocycles. The van der Waals surface area contributed by atoms with Gasteiger partial charge in [0.05, 0.1) is 17.2 Å². The maximum absolute atomic E-state index is 13.4. The summed E-state index contributed by atoms with van der Waals surface area (Å²) in [6.45, 7) is 3.78. The Bertz CT molecular complexity index is 1360. The molecule has 0 atom stereocenters. The number of aromatic nitrogens is 2. The molecule has 172 valence electrons. The van der Waals surface area contributed by atoms with E-state index in [0.717, 1.165) is 72.6 Å². The molecule has 34 heavy (non-hydrogen) atoms. The highest BCUT2D eigenvalue weighted by atomic mass is 32.1. The van der Waals surface area contributed by atoms with Crippen molar-refractivity contribution in [2.75, 3.05) is 36.8 Å². The predicted octanol–water partition coefficient (Wildman–Crippen LogP) is 4.65. The Hall–Kier alpha value is -3.29. The minimum absolute atomic E-state index is 0.0619. The van der Waals surface area contributed by atoms with Crippen LogP contribution in [-0.4, -0.2) is 41.9 Å². The normalized spacial score (nSPS) is 16.2. The second kappa shape index (κ2) is 8.81. The smallest absolute Gasteiger partial charge is 0.167 e. The summed E-state index contributed by atoms with van der Waals surface area (Å²) in [5.41, 5.74) is 12.5. The molecule has 2 aliphatic rings. The van der Waals surface area contributed by atoms with Crippen molar-refractivity contribution in [3.63, 3.8) is 0 Å². The molecule has 2 aromatic heterocycles. The topological polar surface area (TPSA) is 84.1 Å². The van der Waals surface area contributed by atoms with Gasteiger partial charge in [-0.2, -0.15) is 0 Å². The standard InChI is InChI=1S/C27H27N5OS/c28-22-6-5-18(25-2-1-11-34-25)12-19(22)15-24(33)20-13-21(17-3-4-17)27-23(14-20)30-16-26(31-27)32-9-7-29-8-10-32/h1-2,5-6,11-14,16-17,29H,3-4,7-10,15,28H2. The number of fused-ring (bicyclic) bond motifs is 1. The number of anilines is 2. The number of nitrogens with one attached hydrogen (secondary N) is 1.